The van der Waals surface area contributed by atoms with Crippen molar-refractivity contribution < 1.29 is 9.53 Å². The molecule has 2 aromatic carbocycles. The molecule has 0 fully saturated rings. The number of hydrogen-bond acceptors (Lipinski definition) is 4. The SMILES string of the molecule is COc1ccc(C(C)NC(=O)c2ccc3nc4ccccc4c(=O)n3c2)cc1. The zero-order valence-corrected chi connectivity index (χ0v) is 15.5. The van der Waals surface area contributed by atoms with Crippen LogP contribution in [-0.2, 0) is 0 Å². The molecule has 6 nitrogen and oxygen atoms in total. The quantitative estimate of drug-likeness (QED) is 0.557. The molecule has 1 amide bonds. The van der Waals surface area contributed by atoms with Crippen LogP contribution in [0.25, 0.3) is 16.6 Å². The second-order valence-corrected chi connectivity index (χ2v) is 6.55. The van der Waals surface area contributed by atoms with Crippen molar-refractivity contribution in [2.45, 2.75) is 13.0 Å². The standard InChI is InChI=1S/C22H19N3O3/c1-14(15-7-10-17(28-2)11-8-15)23-21(26)16-9-12-20-24-19-6-4-3-5-18(19)22(27)25(20)13-16/h3-14H,1-2H3,(H,23,26). The van der Waals surface area contributed by atoms with Crippen LogP contribution in [0.1, 0.15) is 28.9 Å². The van der Waals surface area contributed by atoms with Gasteiger partial charge in [-0.15, -0.1) is 0 Å². The highest BCUT2D eigenvalue weighted by Crippen LogP contribution is 2.18. The van der Waals surface area contributed by atoms with E-state index in [1.807, 2.05) is 37.3 Å². The lowest BCUT2D eigenvalue weighted by Gasteiger charge is -2.15. The highest BCUT2D eigenvalue weighted by molar-refractivity contribution is 5.94. The Morgan fingerprint density at radius 1 is 1.07 bits per heavy atom. The van der Waals surface area contributed by atoms with Crippen molar-refractivity contribution >= 4 is 22.5 Å². The van der Waals surface area contributed by atoms with E-state index in [0.29, 0.717) is 22.1 Å². The van der Waals surface area contributed by atoms with E-state index >= 15 is 0 Å². The average molecular weight is 373 g/mol. The molecule has 0 radical (unpaired) electrons. The van der Waals surface area contributed by atoms with E-state index in [0.717, 1.165) is 11.3 Å². The molecule has 0 spiro atoms. The summed E-state index contributed by atoms with van der Waals surface area (Å²) in [6, 6.07) is 17.8. The Hall–Kier alpha value is -3.67. The maximum Gasteiger partial charge on any atom is 0.265 e. The Labute approximate surface area is 161 Å². The van der Waals surface area contributed by atoms with Crippen LogP contribution in [-0.4, -0.2) is 22.4 Å². The normalized spacial score (nSPS) is 12.1. The van der Waals surface area contributed by atoms with Crippen LogP contribution in [0.3, 0.4) is 0 Å². The molecule has 2 aromatic heterocycles. The summed E-state index contributed by atoms with van der Waals surface area (Å²) < 4.78 is 6.57. The van der Waals surface area contributed by atoms with E-state index in [4.69, 9.17) is 4.74 Å². The maximum atomic E-state index is 12.7. The molecule has 1 N–H and O–H groups in total. The van der Waals surface area contributed by atoms with Crippen LogP contribution in [0.2, 0.25) is 0 Å². The minimum Gasteiger partial charge on any atom is -0.497 e. The molecule has 0 bridgehead atoms. The molecule has 4 aromatic rings. The summed E-state index contributed by atoms with van der Waals surface area (Å²) in [5, 5.41) is 3.47. The number of carbonyl (C=O) groups excluding carboxylic acids is 1. The predicted octanol–water partition coefficient (Wildman–Crippen LogP) is 3.35. The first-order valence-electron chi connectivity index (χ1n) is 8.93. The van der Waals surface area contributed by atoms with Crippen molar-refractivity contribution in [3.8, 4) is 5.75 Å². The molecule has 0 aliphatic heterocycles. The highest BCUT2D eigenvalue weighted by atomic mass is 16.5. The second kappa shape index (κ2) is 7.15. The van der Waals surface area contributed by atoms with E-state index in [-0.39, 0.29) is 17.5 Å². The Morgan fingerprint density at radius 2 is 1.82 bits per heavy atom. The lowest BCUT2D eigenvalue weighted by atomic mass is 10.1. The number of methoxy groups -OCH3 is 1. The number of benzene rings is 2. The van der Waals surface area contributed by atoms with E-state index < -0.39 is 0 Å². The number of ether oxygens (including phenoxy) is 1. The highest BCUT2D eigenvalue weighted by Gasteiger charge is 2.13. The molecule has 0 aliphatic carbocycles. The summed E-state index contributed by atoms with van der Waals surface area (Å²) in [5.74, 6) is 0.501. The second-order valence-electron chi connectivity index (χ2n) is 6.55. The molecule has 140 valence electrons. The van der Waals surface area contributed by atoms with E-state index in [9.17, 15) is 9.59 Å². The van der Waals surface area contributed by atoms with Gasteiger partial charge in [0, 0.05) is 6.20 Å². The van der Waals surface area contributed by atoms with Gasteiger partial charge in [-0.05, 0) is 48.9 Å². The lowest BCUT2D eigenvalue weighted by molar-refractivity contribution is 0.0939. The number of aromatic nitrogens is 2. The first kappa shape index (κ1) is 17.7. The van der Waals surface area contributed by atoms with Gasteiger partial charge in [0.15, 0.2) is 0 Å². The number of fused-ring (bicyclic) bond motifs is 2. The fourth-order valence-corrected chi connectivity index (χ4v) is 3.14. The van der Waals surface area contributed by atoms with Crippen LogP contribution >= 0.6 is 0 Å². The van der Waals surface area contributed by atoms with Crippen molar-refractivity contribution in [3.05, 3.63) is 88.3 Å². The number of carbonyl (C=O) groups is 1. The number of hydrogen-bond donors (Lipinski definition) is 1. The van der Waals surface area contributed by atoms with Gasteiger partial charge in [-0.2, -0.15) is 0 Å². The van der Waals surface area contributed by atoms with Gasteiger partial charge < -0.3 is 10.1 Å². The lowest BCUT2D eigenvalue weighted by Crippen LogP contribution is -2.27. The fraction of sp³-hybridized carbons (Fsp3) is 0.136. The monoisotopic (exact) mass is 373 g/mol. The third kappa shape index (κ3) is 3.20. The first-order chi connectivity index (χ1) is 13.6. The summed E-state index contributed by atoms with van der Waals surface area (Å²) in [6.07, 6.45) is 1.53. The van der Waals surface area contributed by atoms with Gasteiger partial charge in [0.1, 0.15) is 11.4 Å². The number of para-hydroxylation sites is 1. The van der Waals surface area contributed by atoms with Gasteiger partial charge in [-0.25, -0.2) is 4.98 Å². The number of rotatable bonds is 4. The maximum absolute atomic E-state index is 12.7. The van der Waals surface area contributed by atoms with Gasteiger partial charge in [-0.1, -0.05) is 24.3 Å². The molecule has 28 heavy (non-hydrogen) atoms. The third-order valence-electron chi connectivity index (χ3n) is 4.74. The largest absolute Gasteiger partial charge is 0.497 e. The Bertz CT molecular complexity index is 1230. The number of pyridine rings is 1. The van der Waals surface area contributed by atoms with Crippen LogP contribution in [0, 0.1) is 0 Å². The molecule has 1 atom stereocenters. The van der Waals surface area contributed by atoms with Crippen molar-refractivity contribution in [1.29, 1.82) is 0 Å². The van der Waals surface area contributed by atoms with Crippen LogP contribution in [0.15, 0.2) is 71.7 Å². The third-order valence-corrected chi connectivity index (χ3v) is 4.74. The summed E-state index contributed by atoms with van der Waals surface area (Å²) in [7, 11) is 1.61. The molecule has 0 aliphatic rings. The van der Waals surface area contributed by atoms with Gasteiger partial charge in [0.05, 0.1) is 29.6 Å². The number of amides is 1. The topological polar surface area (TPSA) is 72.7 Å². The number of nitrogens with one attached hydrogen (secondary N) is 1. The molecule has 0 saturated carbocycles. The Balaban J connectivity index is 1.64. The summed E-state index contributed by atoms with van der Waals surface area (Å²) in [4.78, 5) is 29.9. The van der Waals surface area contributed by atoms with Gasteiger partial charge >= 0.3 is 0 Å². The molecule has 1 unspecified atom stereocenters. The Kier molecular flexibility index (Phi) is 4.53. The number of nitrogens with zero attached hydrogens (tertiary/aromatic N) is 2. The molecule has 6 heteroatoms. The zero-order chi connectivity index (χ0) is 19.7. The fourth-order valence-electron chi connectivity index (χ4n) is 3.14. The van der Waals surface area contributed by atoms with Crippen molar-refractivity contribution in [2.75, 3.05) is 7.11 Å². The smallest absolute Gasteiger partial charge is 0.265 e. The zero-order valence-electron chi connectivity index (χ0n) is 15.5. The first-order valence-corrected chi connectivity index (χ1v) is 8.93. The molecule has 0 saturated heterocycles. The minimum atomic E-state index is -0.259. The summed E-state index contributed by atoms with van der Waals surface area (Å²) >= 11 is 0. The predicted molar refractivity (Wildman–Crippen MR) is 108 cm³/mol. The van der Waals surface area contributed by atoms with Gasteiger partial charge in [-0.3, -0.25) is 14.0 Å². The molecule has 4 rings (SSSR count). The van der Waals surface area contributed by atoms with E-state index in [2.05, 4.69) is 10.3 Å². The van der Waals surface area contributed by atoms with Crippen LogP contribution in [0.5, 0.6) is 5.75 Å². The van der Waals surface area contributed by atoms with E-state index in [1.54, 1.807) is 37.4 Å². The molecular weight excluding hydrogens is 354 g/mol. The van der Waals surface area contributed by atoms with Gasteiger partial charge in [0.2, 0.25) is 0 Å². The Morgan fingerprint density at radius 3 is 2.57 bits per heavy atom. The summed E-state index contributed by atoms with van der Waals surface area (Å²) in [6.45, 7) is 1.90. The minimum absolute atomic E-state index is 0.194. The molecule has 2 heterocycles. The molecular formula is C22H19N3O3. The van der Waals surface area contributed by atoms with Crippen LogP contribution in [0.4, 0.5) is 0 Å². The summed E-state index contributed by atoms with van der Waals surface area (Å²) in [5.41, 5.74) is 2.30. The van der Waals surface area contributed by atoms with Crippen molar-refractivity contribution in [1.82, 2.24) is 14.7 Å². The van der Waals surface area contributed by atoms with Crippen LogP contribution < -0.4 is 15.6 Å². The average Bonchev–Trinajstić information content (AvgIpc) is 2.73. The van der Waals surface area contributed by atoms with Gasteiger partial charge in [0.25, 0.3) is 11.5 Å². The van der Waals surface area contributed by atoms with Crippen molar-refractivity contribution in [2.24, 2.45) is 0 Å². The van der Waals surface area contributed by atoms with Crippen molar-refractivity contribution in [3.63, 3.8) is 0 Å². The van der Waals surface area contributed by atoms with E-state index in [1.165, 1.54) is 10.6 Å².